The van der Waals surface area contributed by atoms with E-state index in [2.05, 4.69) is 12.2 Å². The van der Waals surface area contributed by atoms with Crippen LogP contribution in [0.1, 0.15) is 24.5 Å². The third-order valence-corrected chi connectivity index (χ3v) is 3.38. The molecular formula is C17H19ClFNO. The highest BCUT2D eigenvalue weighted by Gasteiger charge is 2.02. The summed E-state index contributed by atoms with van der Waals surface area (Å²) in [5.74, 6) is 0.347. The topological polar surface area (TPSA) is 21.3 Å². The minimum atomic E-state index is -0.421. The molecule has 0 atom stereocenters. The first kappa shape index (κ1) is 15.8. The van der Waals surface area contributed by atoms with Crippen molar-refractivity contribution in [2.45, 2.75) is 26.5 Å². The summed E-state index contributed by atoms with van der Waals surface area (Å²) in [6, 6.07) is 12.6. The van der Waals surface area contributed by atoms with Crippen molar-refractivity contribution in [1.29, 1.82) is 0 Å². The summed E-state index contributed by atoms with van der Waals surface area (Å²) in [6.07, 6.45) is 1.12. The van der Waals surface area contributed by atoms with Crippen LogP contribution >= 0.6 is 11.6 Å². The lowest BCUT2D eigenvalue weighted by Gasteiger charge is -2.08. The van der Waals surface area contributed by atoms with Gasteiger partial charge in [0.25, 0.3) is 0 Å². The monoisotopic (exact) mass is 307 g/mol. The molecular weight excluding hydrogens is 289 g/mol. The summed E-state index contributed by atoms with van der Waals surface area (Å²) < 4.78 is 18.9. The fourth-order valence-electron chi connectivity index (χ4n) is 1.91. The molecule has 112 valence electrons. The molecule has 0 amide bonds. The van der Waals surface area contributed by atoms with Crippen molar-refractivity contribution >= 4 is 11.6 Å². The number of rotatable bonds is 7. The Bertz CT molecular complexity index is 572. The van der Waals surface area contributed by atoms with Crippen molar-refractivity contribution in [3.05, 3.63) is 64.4 Å². The summed E-state index contributed by atoms with van der Waals surface area (Å²) in [7, 11) is 0. The van der Waals surface area contributed by atoms with Gasteiger partial charge in [-0.2, -0.15) is 0 Å². The molecule has 0 aliphatic carbocycles. The number of benzene rings is 2. The molecule has 0 bridgehead atoms. The van der Waals surface area contributed by atoms with Crippen molar-refractivity contribution < 1.29 is 9.13 Å². The van der Waals surface area contributed by atoms with Gasteiger partial charge in [-0.25, -0.2) is 4.39 Å². The third-order valence-electron chi connectivity index (χ3n) is 3.07. The number of hydrogen-bond acceptors (Lipinski definition) is 2. The molecule has 2 aromatic carbocycles. The van der Waals surface area contributed by atoms with Gasteiger partial charge < -0.3 is 10.1 Å². The molecule has 21 heavy (non-hydrogen) atoms. The van der Waals surface area contributed by atoms with E-state index in [0.29, 0.717) is 6.61 Å². The van der Waals surface area contributed by atoms with Gasteiger partial charge in [-0.3, -0.25) is 0 Å². The molecule has 0 fully saturated rings. The molecule has 0 radical (unpaired) electrons. The lowest BCUT2D eigenvalue weighted by Crippen LogP contribution is -2.13. The molecule has 2 rings (SSSR count). The van der Waals surface area contributed by atoms with E-state index in [4.69, 9.17) is 16.3 Å². The lowest BCUT2D eigenvalue weighted by atomic mass is 10.2. The van der Waals surface area contributed by atoms with Crippen LogP contribution in [0.4, 0.5) is 4.39 Å². The fourth-order valence-corrected chi connectivity index (χ4v) is 2.03. The molecule has 0 aromatic heterocycles. The second-order valence-electron chi connectivity index (χ2n) is 4.86. The van der Waals surface area contributed by atoms with Crippen LogP contribution in [0.2, 0.25) is 5.02 Å². The first-order chi connectivity index (χ1) is 10.2. The fraction of sp³-hybridized carbons (Fsp3) is 0.294. The van der Waals surface area contributed by atoms with Crippen LogP contribution in [0, 0.1) is 5.82 Å². The van der Waals surface area contributed by atoms with Crippen molar-refractivity contribution in [3.63, 3.8) is 0 Å². The average molecular weight is 308 g/mol. The van der Waals surface area contributed by atoms with E-state index in [-0.39, 0.29) is 5.02 Å². The Morgan fingerprint density at radius 1 is 1.10 bits per heavy atom. The van der Waals surface area contributed by atoms with E-state index in [9.17, 15) is 4.39 Å². The van der Waals surface area contributed by atoms with Crippen LogP contribution in [0.5, 0.6) is 5.75 Å². The zero-order chi connectivity index (χ0) is 15.1. The van der Waals surface area contributed by atoms with Crippen molar-refractivity contribution in [3.8, 4) is 5.75 Å². The van der Waals surface area contributed by atoms with Gasteiger partial charge in [0.15, 0.2) is 0 Å². The zero-order valence-corrected chi connectivity index (χ0v) is 12.8. The maximum absolute atomic E-state index is 13.3. The minimum Gasteiger partial charge on any atom is -0.489 e. The van der Waals surface area contributed by atoms with Crippen LogP contribution in [-0.2, 0) is 13.2 Å². The van der Waals surface area contributed by atoms with E-state index >= 15 is 0 Å². The lowest BCUT2D eigenvalue weighted by molar-refractivity contribution is 0.305. The third kappa shape index (κ3) is 5.03. The quantitative estimate of drug-likeness (QED) is 0.757. The average Bonchev–Trinajstić information content (AvgIpc) is 2.50. The maximum Gasteiger partial charge on any atom is 0.142 e. The molecule has 0 heterocycles. The Labute approximate surface area is 129 Å². The van der Waals surface area contributed by atoms with Crippen molar-refractivity contribution in [1.82, 2.24) is 5.32 Å². The Morgan fingerprint density at radius 2 is 1.81 bits per heavy atom. The van der Waals surface area contributed by atoms with E-state index in [1.807, 2.05) is 24.3 Å². The molecule has 0 spiro atoms. The van der Waals surface area contributed by atoms with Gasteiger partial charge in [0, 0.05) is 6.54 Å². The van der Waals surface area contributed by atoms with E-state index in [1.165, 1.54) is 17.7 Å². The van der Waals surface area contributed by atoms with Gasteiger partial charge in [0.1, 0.15) is 18.2 Å². The van der Waals surface area contributed by atoms with Gasteiger partial charge in [-0.05, 0) is 48.4 Å². The standard InChI is InChI=1S/C17H19ClFNO/c1-2-9-20-11-13-3-6-15(7-4-13)21-12-14-5-8-16(18)17(19)10-14/h3-8,10,20H,2,9,11-12H2,1H3. The van der Waals surface area contributed by atoms with Gasteiger partial charge >= 0.3 is 0 Å². The Balaban J connectivity index is 1.86. The molecule has 1 N–H and O–H groups in total. The summed E-state index contributed by atoms with van der Waals surface area (Å²) in [5, 5.41) is 3.47. The normalized spacial score (nSPS) is 10.6. The van der Waals surface area contributed by atoms with Crippen molar-refractivity contribution in [2.24, 2.45) is 0 Å². The predicted octanol–water partition coefficient (Wildman–Crippen LogP) is 4.56. The number of halogens is 2. The Kier molecular flexibility index (Phi) is 6.03. The molecule has 0 saturated heterocycles. The predicted molar refractivity (Wildman–Crippen MR) is 84.2 cm³/mol. The second-order valence-corrected chi connectivity index (χ2v) is 5.27. The Morgan fingerprint density at radius 3 is 2.48 bits per heavy atom. The maximum atomic E-state index is 13.3. The Hall–Kier alpha value is -1.58. The molecule has 0 aliphatic heterocycles. The highest BCUT2D eigenvalue weighted by Crippen LogP contribution is 2.18. The van der Waals surface area contributed by atoms with Crippen LogP contribution in [0.25, 0.3) is 0 Å². The van der Waals surface area contributed by atoms with Crippen molar-refractivity contribution in [2.75, 3.05) is 6.54 Å². The zero-order valence-electron chi connectivity index (χ0n) is 12.0. The number of hydrogen-bond donors (Lipinski definition) is 1. The van der Waals surface area contributed by atoms with Gasteiger partial charge in [-0.1, -0.05) is 36.7 Å². The largest absolute Gasteiger partial charge is 0.489 e. The van der Waals surface area contributed by atoms with Crippen LogP contribution < -0.4 is 10.1 Å². The number of nitrogens with one attached hydrogen (secondary N) is 1. The molecule has 4 heteroatoms. The van der Waals surface area contributed by atoms with Crippen LogP contribution in [0.15, 0.2) is 42.5 Å². The first-order valence-corrected chi connectivity index (χ1v) is 7.43. The van der Waals surface area contributed by atoms with Gasteiger partial charge in [0.05, 0.1) is 5.02 Å². The SMILES string of the molecule is CCCNCc1ccc(OCc2ccc(Cl)c(F)c2)cc1. The molecule has 2 aromatic rings. The van der Waals surface area contributed by atoms with Crippen LogP contribution in [0.3, 0.4) is 0 Å². The highest BCUT2D eigenvalue weighted by atomic mass is 35.5. The van der Waals surface area contributed by atoms with Gasteiger partial charge in [-0.15, -0.1) is 0 Å². The number of ether oxygens (including phenoxy) is 1. The minimum absolute atomic E-state index is 0.127. The summed E-state index contributed by atoms with van der Waals surface area (Å²) in [5.41, 5.74) is 1.97. The van der Waals surface area contributed by atoms with E-state index in [1.54, 1.807) is 6.07 Å². The summed E-state index contributed by atoms with van der Waals surface area (Å²) in [4.78, 5) is 0. The first-order valence-electron chi connectivity index (χ1n) is 7.05. The summed E-state index contributed by atoms with van der Waals surface area (Å²) in [6.45, 7) is 4.34. The molecule has 0 aliphatic rings. The molecule has 0 unspecified atom stereocenters. The van der Waals surface area contributed by atoms with E-state index in [0.717, 1.165) is 30.8 Å². The molecule has 2 nitrogen and oxygen atoms in total. The van der Waals surface area contributed by atoms with E-state index < -0.39 is 5.82 Å². The van der Waals surface area contributed by atoms with Crippen LogP contribution in [-0.4, -0.2) is 6.54 Å². The second kappa shape index (κ2) is 8.01. The smallest absolute Gasteiger partial charge is 0.142 e. The summed E-state index contributed by atoms with van der Waals surface area (Å²) >= 11 is 5.65. The highest BCUT2D eigenvalue weighted by molar-refractivity contribution is 6.30. The molecule has 0 saturated carbocycles. The van der Waals surface area contributed by atoms with Gasteiger partial charge in [0.2, 0.25) is 0 Å².